The summed E-state index contributed by atoms with van der Waals surface area (Å²) in [6.07, 6.45) is 7.13. The van der Waals surface area contributed by atoms with Crippen molar-refractivity contribution in [2.24, 2.45) is 5.92 Å². The van der Waals surface area contributed by atoms with E-state index in [4.69, 9.17) is 0 Å². The topological polar surface area (TPSA) is 30.7 Å². The van der Waals surface area contributed by atoms with Crippen LogP contribution in [0.15, 0.2) is 37.4 Å². The van der Waals surface area contributed by atoms with Gasteiger partial charge in [0.15, 0.2) is 0 Å². The zero-order valence-electron chi connectivity index (χ0n) is 11.6. The van der Waals surface area contributed by atoms with Crippen LogP contribution in [0, 0.1) is 12.8 Å². The van der Waals surface area contributed by atoms with Crippen molar-refractivity contribution in [3.05, 3.63) is 48.8 Å². The highest BCUT2D eigenvalue weighted by atomic mass is 15.1. The van der Waals surface area contributed by atoms with Crippen LogP contribution in [0.3, 0.4) is 0 Å². The largest absolute Gasteiger partial charge is 0.298 e. The molecule has 0 bridgehead atoms. The Morgan fingerprint density at radius 3 is 2.50 bits per heavy atom. The predicted octanol–water partition coefficient (Wildman–Crippen LogP) is 3.88. The van der Waals surface area contributed by atoms with E-state index in [2.05, 4.69) is 37.3 Å². The fourth-order valence-corrected chi connectivity index (χ4v) is 1.40. The summed E-state index contributed by atoms with van der Waals surface area (Å²) in [5.74, 6) is 0.833. The predicted molar refractivity (Wildman–Crippen MR) is 76.7 cm³/mol. The average Bonchev–Trinajstić information content (AvgIpc) is 2.71. The zero-order valence-corrected chi connectivity index (χ0v) is 11.6. The molecule has 0 saturated heterocycles. The maximum atomic E-state index is 4.23. The van der Waals surface area contributed by atoms with Gasteiger partial charge in [-0.05, 0) is 31.1 Å². The van der Waals surface area contributed by atoms with Crippen LogP contribution in [-0.2, 0) is 0 Å². The lowest BCUT2D eigenvalue weighted by Crippen LogP contribution is -1.95. The molecule has 0 N–H and O–H groups in total. The number of pyridine rings is 1. The van der Waals surface area contributed by atoms with Gasteiger partial charge in [0.25, 0.3) is 0 Å². The van der Waals surface area contributed by atoms with Crippen molar-refractivity contribution in [2.45, 2.75) is 27.7 Å². The first-order valence-corrected chi connectivity index (χ1v) is 6.13. The van der Waals surface area contributed by atoms with Gasteiger partial charge in [0.2, 0.25) is 0 Å². The Balaban J connectivity index is 0.000000357. The first-order chi connectivity index (χ1) is 8.56. The van der Waals surface area contributed by atoms with Crippen molar-refractivity contribution in [3.8, 4) is 5.69 Å². The van der Waals surface area contributed by atoms with Crippen molar-refractivity contribution in [1.29, 1.82) is 0 Å². The number of hydrogen-bond acceptors (Lipinski definition) is 2. The molecule has 0 saturated carbocycles. The highest BCUT2D eigenvalue weighted by Crippen LogP contribution is 2.13. The summed E-state index contributed by atoms with van der Waals surface area (Å²) in [5.41, 5.74) is 2.99. The van der Waals surface area contributed by atoms with Gasteiger partial charge in [-0.15, -0.1) is 0 Å². The van der Waals surface area contributed by atoms with Crippen molar-refractivity contribution < 1.29 is 0 Å². The van der Waals surface area contributed by atoms with Gasteiger partial charge < -0.3 is 0 Å². The van der Waals surface area contributed by atoms with E-state index in [-0.39, 0.29) is 0 Å². The molecule has 0 fully saturated rings. The Hall–Kier alpha value is -1.90. The minimum absolute atomic E-state index is 0.833. The molecule has 0 spiro atoms. The number of hydrogen-bond donors (Lipinski definition) is 0. The summed E-state index contributed by atoms with van der Waals surface area (Å²) in [4.78, 5) is 8.29. The van der Waals surface area contributed by atoms with E-state index in [9.17, 15) is 0 Å². The van der Waals surface area contributed by atoms with Gasteiger partial charge in [0, 0.05) is 6.20 Å². The van der Waals surface area contributed by atoms with Crippen molar-refractivity contribution >= 4 is 6.08 Å². The van der Waals surface area contributed by atoms with E-state index in [1.807, 2.05) is 23.6 Å². The molecular formula is C15H21N3. The molecule has 2 heterocycles. The van der Waals surface area contributed by atoms with Gasteiger partial charge in [-0.2, -0.15) is 0 Å². The zero-order chi connectivity index (χ0) is 13.5. The molecule has 0 unspecified atom stereocenters. The molecule has 3 heteroatoms. The van der Waals surface area contributed by atoms with Crippen molar-refractivity contribution in [3.63, 3.8) is 0 Å². The van der Waals surface area contributed by atoms with Gasteiger partial charge in [-0.1, -0.05) is 27.4 Å². The number of imidazole rings is 1. The Kier molecular flexibility index (Phi) is 5.31. The standard InChI is InChI=1S/C11H11N3.C4H10/c1-3-11-9(2)13-8-14(11)10-5-4-6-12-7-10;1-4(2)3/h3-8H,1H2,2H3;4H,1-3H3. The average molecular weight is 243 g/mol. The molecule has 96 valence electrons. The van der Waals surface area contributed by atoms with E-state index in [0.717, 1.165) is 23.0 Å². The molecule has 0 radical (unpaired) electrons. The van der Waals surface area contributed by atoms with Crippen LogP contribution in [0.2, 0.25) is 0 Å². The Labute approximate surface area is 109 Å². The fourth-order valence-electron chi connectivity index (χ4n) is 1.40. The summed E-state index contributed by atoms with van der Waals surface area (Å²) >= 11 is 0. The van der Waals surface area contributed by atoms with Crippen LogP contribution in [-0.4, -0.2) is 14.5 Å². The molecule has 0 amide bonds. The fraction of sp³-hybridized carbons (Fsp3) is 0.333. The second kappa shape index (κ2) is 6.74. The third kappa shape index (κ3) is 3.84. The molecule has 3 nitrogen and oxygen atoms in total. The van der Waals surface area contributed by atoms with Crippen LogP contribution < -0.4 is 0 Å². The highest BCUT2D eigenvalue weighted by Gasteiger charge is 2.04. The first kappa shape index (κ1) is 14.2. The monoisotopic (exact) mass is 243 g/mol. The maximum Gasteiger partial charge on any atom is 0.100 e. The highest BCUT2D eigenvalue weighted by molar-refractivity contribution is 5.49. The van der Waals surface area contributed by atoms with E-state index >= 15 is 0 Å². The molecule has 2 aromatic heterocycles. The summed E-state index contributed by atoms with van der Waals surface area (Å²) < 4.78 is 1.97. The van der Waals surface area contributed by atoms with E-state index < -0.39 is 0 Å². The lowest BCUT2D eigenvalue weighted by Gasteiger charge is -2.03. The van der Waals surface area contributed by atoms with E-state index in [1.54, 1.807) is 24.8 Å². The Morgan fingerprint density at radius 1 is 1.33 bits per heavy atom. The molecule has 2 rings (SSSR count). The lowest BCUT2D eigenvalue weighted by atomic mass is 10.3. The quantitative estimate of drug-likeness (QED) is 0.801. The van der Waals surface area contributed by atoms with E-state index in [0.29, 0.717) is 0 Å². The molecule has 0 aromatic carbocycles. The van der Waals surface area contributed by atoms with Crippen LogP contribution in [0.4, 0.5) is 0 Å². The second-order valence-corrected chi connectivity index (χ2v) is 4.73. The Bertz CT molecular complexity index is 481. The number of aryl methyl sites for hydroxylation is 1. The smallest absolute Gasteiger partial charge is 0.100 e. The van der Waals surface area contributed by atoms with Crippen LogP contribution in [0.5, 0.6) is 0 Å². The van der Waals surface area contributed by atoms with Gasteiger partial charge in [0.05, 0.1) is 23.3 Å². The number of aromatic nitrogens is 3. The molecule has 2 aromatic rings. The van der Waals surface area contributed by atoms with Gasteiger partial charge in [-0.3, -0.25) is 9.55 Å². The Morgan fingerprint density at radius 2 is 2.00 bits per heavy atom. The third-order valence-electron chi connectivity index (χ3n) is 2.11. The molecular weight excluding hydrogens is 222 g/mol. The molecule has 0 aliphatic heterocycles. The van der Waals surface area contributed by atoms with Crippen molar-refractivity contribution in [1.82, 2.24) is 14.5 Å². The SMILES string of the molecule is C=Cc1c(C)ncn1-c1cccnc1.CC(C)C. The first-order valence-electron chi connectivity index (χ1n) is 6.13. The summed E-state index contributed by atoms with van der Waals surface area (Å²) in [5, 5.41) is 0. The van der Waals surface area contributed by atoms with Crippen LogP contribution in [0.25, 0.3) is 11.8 Å². The second-order valence-electron chi connectivity index (χ2n) is 4.73. The normalized spacial score (nSPS) is 9.83. The van der Waals surface area contributed by atoms with Crippen LogP contribution in [0.1, 0.15) is 32.2 Å². The maximum absolute atomic E-state index is 4.23. The third-order valence-corrected chi connectivity index (χ3v) is 2.11. The molecule has 0 aliphatic carbocycles. The van der Waals surface area contributed by atoms with Gasteiger partial charge in [-0.25, -0.2) is 4.98 Å². The van der Waals surface area contributed by atoms with Crippen LogP contribution >= 0.6 is 0 Å². The van der Waals surface area contributed by atoms with Gasteiger partial charge >= 0.3 is 0 Å². The minimum Gasteiger partial charge on any atom is -0.298 e. The summed E-state index contributed by atoms with van der Waals surface area (Å²) in [6, 6.07) is 3.89. The van der Waals surface area contributed by atoms with E-state index in [1.165, 1.54) is 0 Å². The van der Waals surface area contributed by atoms with Crippen molar-refractivity contribution in [2.75, 3.05) is 0 Å². The molecule has 0 atom stereocenters. The van der Waals surface area contributed by atoms with Gasteiger partial charge in [0.1, 0.15) is 6.33 Å². The molecule has 18 heavy (non-hydrogen) atoms. The summed E-state index contributed by atoms with van der Waals surface area (Å²) in [6.45, 7) is 12.2. The summed E-state index contributed by atoms with van der Waals surface area (Å²) in [7, 11) is 0. The molecule has 0 aliphatic rings. The number of nitrogens with zero attached hydrogens (tertiary/aromatic N) is 3. The number of rotatable bonds is 2. The minimum atomic E-state index is 0.833. The lowest BCUT2D eigenvalue weighted by molar-refractivity contribution is 0.737.